The minimum Gasteiger partial charge on any atom is -0.353 e. The molecule has 0 radical (unpaired) electrons. The number of amides is 1. The van der Waals surface area contributed by atoms with Crippen LogP contribution < -0.4 is 5.32 Å². The van der Waals surface area contributed by atoms with E-state index in [1.165, 1.54) is 11.3 Å². The van der Waals surface area contributed by atoms with Crippen LogP contribution in [0.2, 0.25) is 4.34 Å². The molecule has 1 aromatic heterocycles. The second-order valence-electron chi connectivity index (χ2n) is 7.59. The molecule has 1 N–H and O–H groups in total. The summed E-state index contributed by atoms with van der Waals surface area (Å²) in [5.74, 6) is 0.0370. The van der Waals surface area contributed by atoms with Crippen LogP contribution in [0.1, 0.15) is 16.9 Å². The van der Waals surface area contributed by atoms with Crippen molar-refractivity contribution >= 4 is 38.7 Å². The zero-order valence-electron chi connectivity index (χ0n) is 15.4. The average Bonchev–Trinajstić information content (AvgIpc) is 3.26. The van der Waals surface area contributed by atoms with Gasteiger partial charge in [-0.1, -0.05) is 41.9 Å². The van der Waals surface area contributed by atoms with Gasteiger partial charge in [-0.25, -0.2) is 8.42 Å². The van der Waals surface area contributed by atoms with Crippen LogP contribution in [0.15, 0.2) is 42.5 Å². The van der Waals surface area contributed by atoms with Gasteiger partial charge in [0.2, 0.25) is 5.91 Å². The summed E-state index contributed by atoms with van der Waals surface area (Å²) in [6.45, 7) is 1.90. The van der Waals surface area contributed by atoms with Gasteiger partial charge in [-0.3, -0.25) is 9.69 Å². The van der Waals surface area contributed by atoms with Gasteiger partial charge in [0.15, 0.2) is 9.84 Å². The van der Waals surface area contributed by atoms with Crippen molar-refractivity contribution in [2.75, 3.05) is 18.8 Å². The summed E-state index contributed by atoms with van der Waals surface area (Å²) in [4.78, 5) is 15.8. The van der Waals surface area contributed by atoms with Crippen LogP contribution in [-0.2, 0) is 27.6 Å². The quantitative estimate of drug-likeness (QED) is 0.779. The molecule has 28 heavy (non-hydrogen) atoms. The van der Waals surface area contributed by atoms with Crippen molar-refractivity contribution < 1.29 is 13.2 Å². The summed E-state index contributed by atoms with van der Waals surface area (Å²) < 4.78 is 26.0. The van der Waals surface area contributed by atoms with Gasteiger partial charge in [-0.15, -0.1) is 11.3 Å². The molecule has 4 rings (SSSR count). The van der Waals surface area contributed by atoms with E-state index < -0.39 is 15.1 Å². The predicted molar refractivity (Wildman–Crippen MR) is 112 cm³/mol. The highest BCUT2D eigenvalue weighted by molar-refractivity contribution is 7.92. The molecule has 3 atom stereocenters. The SMILES string of the molecule is O=C(Cc1ccccc1)N[C@@H]1CCS(=O)(=O)[C@H]2CN(Cc3ccc(Cl)s3)C[C@@H]12. The van der Waals surface area contributed by atoms with Crippen molar-refractivity contribution in [1.82, 2.24) is 10.2 Å². The molecule has 2 aromatic rings. The Bertz CT molecular complexity index is 945. The Morgan fingerprint density at radius 2 is 1.96 bits per heavy atom. The monoisotopic (exact) mass is 438 g/mol. The Kier molecular flexibility index (Phi) is 5.78. The maximum Gasteiger partial charge on any atom is 0.224 e. The molecule has 0 spiro atoms. The van der Waals surface area contributed by atoms with Gasteiger partial charge in [0, 0.05) is 36.5 Å². The van der Waals surface area contributed by atoms with E-state index in [0.29, 0.717) is 32.5 Å². The first-order valence-corrected chi connectivity index (χ1v) is 12.3. The molecule has 0 bridgehead atoms. The highest BCUT2D eigenvalue weighted by atomic mass is 35.5. The molecule has 0 saturated carbocycles. The minimum absolute atomic E-state index is 0.0438. The number of carbonyl (C=O) groups excluding carboxylic acids is 1. The lowest BCUT2D eigenvalue weighted by molar-refractivity contribution is -0.121. The smallest absolute Gasteiger partial charge is 0.224 e. The van der Waals surface area contributed by atoms with Gasteiger partial charge >= 0.3 is 0 Å². The van der Waals surface area contributed by atoms with Gasteiger partial charge in [0.05, 0.1) is 21.8 Å². The number of nitrogens with zero attached hydrogens (tertiary/aromatic N) is 1. The molecule has 1 aromatic carbocycles. The lowest BCUT2D eigenvalue weighted by Crippen LogP contribution is -2.52. The zero-order valence-corrected chi connectivity index (χ0v) is 17.8. The Hall–Kier alpha value is -1.41. The Morgan fingerprint density at radius 1 is 1.18 bits per heavy atom. The number of carbonyl (C=O) groups is 1. The molecule has 2 aliphatic heterocycles. The molecule has 150 valence electrons. The van der Waals surface area contributed by atoms with Gasteiger partial charge in [-0.2, -0.15) is 0 Å². The second kappa shape index (κ2) is 8.14. The molecule has 5 nitrogen and oxygen atoms in total. The number of fused-ring (bicyclic) bond motifs is 1. The maximum absolute atomic E-state index is 12.6. The number of nitrogens with one attached hydrogen (secondary N) is 1. The van der Waals surface area contributed by atoms with E-state index in [2.05, 4.69) is 10.2 Å². The van der Waals surface area contributed by atoms with Crippen LogP contribution in [-0.4, -0.2) is 49.4 Å². The summed E-state index contributed by atoms with van der Waals surface area (Å²) in [5.41, 5.74) is 0.961. The fourth-order valence-corrected chi connectivity index (χ4v) is 7.57. The predicted octanol–water partition coefficient (Wildman–Crippen LogP) is 2.75. The largest absolute Gasteiger partial charge is 0.353 e. The summed E-state index contributed by atoms with van der Waals surface area (Å²) >= 11 is 7.54. The number of hydrogen-bond acceptors (Lipinski definition) is 5. The van der Waals surface area contributed by atoms with E-state index in [1.807, 2.05) is 42.5 Å². The molecular weight excluding hydrogens is 416 g/mol. The Balaban J connectivity index is 1.43. The van der Waals surface area contributed by atoms with E-state index in [4.69, 9.17) is 11.6 Å². The van der Waals surface area contributed by atoms with Crippen LogP contribution in [0.3, 0.4) is 0 Å². The molecule has 2 saturated heterocycles. The van der Waals surface area contributed by atoms with Crippen LogP contribution in [0.25, 0.3) is 0 Å². The third kappa shape index (κ3) is 4.43. The van der Waals surface area contributed by atoms with Gasteiger partial charge in [0.1, 0.15) is 0 Å². The minimum atomic E-state index is -3.12. The number of halogens is 1. The van der Waals surface area contributed by atoms with E-state index in [9.17, 15) is 13.2 Å². The van der Waals surface area contributed by atoms with Gasteiger partial charge in [0.25, 0.3) is 0 Å². The molecule has 1 amide bonds. The van der Waals surface area contributed by atoms with Crippen molar-refractivity contribution in [1.29, 1.82) is 0 Å². The number of thiophene rings is 1. The molecule has 2 aliphatic rings. The highest BCUT2D eigenvalue weighted by Crippen LogP contribution is 2.34. The first kappa shape index (κ1) is 19.9. The van der Waals surface area contributed by atoms with E-state index in [1.54, 1.807) is 0 Å². The Labute approximate surface area is 174 Å². The maximum atomic E-state index is 12.6. The third-order valence-electron chi connectivity index (χ3n) is 5.64. The van der Waals surface area contributed by atoms with Crippen LogP contribution in [0.4, 0.5) is 0 Å². The van der Waals surface area contributed by atoms with Gasteiger partial charge in [-0.05, 0) is 24.1 Å². The van der Waals surface area contributed by atoms with Crippen molar-refractivity contribution in [3.63, 3.8) is 0 Å². The number of hydrogen-bond donors (Lipinski definition) is 1. The summed E-state index contributed by atoms with van der Waals surface area (Å²) in [6.07, 6.45) is 0.807. The summed E-state index contributed by atoms with van der Waals surface area (Å²) in [6, 6.07) is 13.4. The number of likely N-dealkylation sites (tertiary alicyclic amines) is 1. The van der Waals surface area contributed by atoms with Crippen molar-refractivity contribution in [3.8, 4) is 0 Å². The van der Waals surface area contributed by atoms with E-state index in [-0.39, 0.29) is 23.6 Å². The third-order valence-corrected chi connectivity index (χ3v) is 9.08. The average molecular weight is 439 g/mol. The molecule has 3 heterocycles. The Morgan fingerprint density at radius 3 is 2.68 bits per heavy atom. The first-order chi connectivity index (χ1) is 13.4. The molecule has 0 unspecified atom stereocenters. The summed E-state index contributed by atoms with van der Waals surface area (Å²) in [5, 5.41) is 2.71. The highest BCUT2D eigenvalue weighted by Gasteiger charge is 2.48. The number of rotatable bonds is 5. The molecule has 0 aliphatic carbocycles. The number of sulfone groups is 1. The topological polar surface area (TPSA) is 66.5 Å². The van der Waals surface area contributed by atoms with E-state index in [0.717, 1.165) is 14.8 Å². The van der Waals surface area contributed by atoms with Crippen molar-refractivity contribution in [3.05, 3.63) is 57.2 Å². The lowest BCUT2D eigenvalue weighted by Gasteiger charge is -2.33. The molecule has 8 heteroatoms. The van der Waals surface area contributed by atoms with Crippen LogP contribution in [0.5, 0.6) is 0 Å². The molecular formula is C20H23ClN2O3S2. The van der Waals surface area contributed by atoms with Crippen LogP contribution in [0, 0.1) is 5.92 Å². The second-order valence-corrected chi connectivity index (χ2v) is 11.7. The van der Waals surface area contributed by atoms with Crippen LogP contribution >= 0.6 is 22.9 Å². The van der Waals surface area contributed by atoms with E-state index >= 15 is 0 Å². The lowest BCUT2D eigenvalue weighted by atomic mass is 9.95. The fraction of sp³-hybridized carbons (Fsp3) is 0.450. The normalized spacial score (nSPS) is 26.7. The summed E-state index contributed by atoms with van der Waals surface area (Å²) in [7, 11) is -3.12. The van der Waals surface area contributed by atoms with Gasteiger partial charge < -0.3 is 5.32 Å². The zero-order chi connectivity index (χ0) is 19.7. The van der Waals surface area contributed by atoms with Crippen molar-refractivity contribution in [2.24, 2.45) is 5.92 Å². The number of benzene rings is 1. The van der Waals surface area contributed by atoms with Crippen molar-refractivity contribution in [2.45, 2.75) is 30.7 Å². The fourth-order valence-electron chi connectivity index (χ4n) is 4.31. The standard InChI is InChI=1S/C20H23ClN2O3S2/c21-19-7-6-15(27-19)11-23-12-16-17(8-9-28(25,26)18(16)13-23)22-20(24)10-14-4-2-1-3-5-14/h1-7,16-18H,8-13H2,(H,22,24)/t16-,17+,18-/m0/s1. The first-order valence-electron chi connectivity index (χ1n) is 9.42. The molecule has 2 fully saturated rings.